The van der Waals surface area contributed by atoms with Crippen molar-refractivity contribution in [1.82, 2.24) is 9.78 Å². The number of para-hydroxylation sites is 1. The number of carbonyl (C=O) groups excluding carboxylic acids is 1. The summed E-state index contributed by atoms with van der Waals surface area (Å²) in [5.41, 5.74) is 6.42. The molecule has 2 aliphatic rings. The number of hydrogen-bond acceptors (Lipinski definition) is 5. The van der Waals surface area contributed by atoms with Gasteiger partial charge in [-0.25, -0.2) is 4.68 Å². The standard InChI is InChI=1S/C27H24N4O2S/c1-4-33-19-11-13-22-23(15-19)34-27(20-14-16(2)10-12-21(20)29-26(27)32)24-17(3)30-31(25(24)28-22)18-8-6-5-7-9-18/h5-15,28H,4H2,1-3H3,(H,29,32). The SMILES string of the molecule is CCOc1ccc2c(c1)SC1(C(=O)Nc3ccc(C)cc31)c1c(C)nn(-c3ccccc3)c1N2. The molecule has 170 valence electrons. The lowest BCUT2D eigenvalue weighted by Crippen LogP contribution is -2.32. The Morgan fingerprint density at radius 2 is 1.79 bits per heavy atom. The first-order valence-electron chi connectivity index (χ1n) is 11.3. The van der Waals surface area contributed by atoms with Gasteiger partial charge in [-0.05, 0) is 57.2 Å². The van der Waals surface area contributed by atoms with E-state index in [1.165, 1.54) is 0 Å². The number of hydrogen-bond donors (Lipinski definition) is 2. The second-order valence-corrected chi connectivity index (χ2v) is 9.82. The second kappa shape index (κ2) is 7.67. The van der Waals surface area contributed by atoms with Gasteiger partial charge in [0.2, 0.25) is 5.91 Å². The fourth-order valence-corrected chi connectivity index (χ4v) is 6.35. The molecule has 7 heteroatoms. The summed E-state index contributed by atoms with van der Waals surface area (Å²) in [7, 11) is 0. The summed E-state index contributed by atoms with van der Waals surface area (Å²) < 4.78 is 6.71. The van der Waals surface area contributed by atoms with Gasteiger partial charge >= 0.3 is 0 Å². The lowest BCUT2D eigenvalue weighted by atomic mass is 9.90. The van der Waals surface area contributed by atoms with Crippen LogP contribution < -0.4 is 15.4 Å². The molecule has 0 saturated carbocycles. The third kappa shape index (κ3) is 2.97. The predicted molar refractivity (Wildman–Crippen MR) is 136 cm³/mol. The molecule has 0 radical (unpaired) electrons. The smallest absolute Gasteiger partial charge is 0.250 e. The Balaban J connectivity index is 1.68. The first-order valence-corrected chi connectivity index (χ1v) is 12.1. The number of aryl methyl sites for hydroxylation is 2. The Labute approximate surface area is 202 Å². The van der Waals surface area contributed by atoms with Crippen molar-refractivity contribution in [3.05, 3.63) is 89.1 Å². The minimum Gasteiger partial charge on any atom is -0.494 e. The molecule has 1 unspecified atom stereocenters. The fraction of sp³-hybridized carbons (Fsp3) is 0.185. The largest absolute Gasteiger partial charge is 0.494 e. The molecule has 3 heterocycles. The molecule has 1 spiro atoms. The van der Waals surface area contributed by atoms with Crippen molar-refractivity contribution < 1.29 is 9.53 Å². The molecule has 2 N–H and O–H groups in total. The molecule has 2 aliphatic heterocycles. The van der Waals surface area contributed by atoms with Gasteiger partial charge in [0.05, 0.1) is 23.7 Å². The minimum atomic E-state index is -0.989. The number of anilines is 3. The van der Waals surface area contributed by atoms with Crippen LogP contribution in [0.25, 0.3) is 5.69 Å². The lowest BCUT2D eigenvalue weighted by Gasteiger charge is -2.26. The van der Waals surface area contributed by atoms with E-state index in [4.69, 9.17) is 9.84 Å². The molecule has 0 bridgehead atoms. The van der Waals surface area contributed by atoms with Crippen LogP contribution in [-0.2, 0) is 9.54 Å². The van der Waals surface area contributed by atoms with Crippen molar-refractivity contribution >= 4 is 34.9 Å². The highest BCUT2D eigenvalue weighted by molar-refractivity contribution is 8.01. The first-order chi connectivity index (χ1) is 16.5. The van der Waals surface area contributed by atoms with Crippen LogP contribution in [0.4, 0.5) is 17.2 Å². The zero-order chi connectivity index (χ0) is 23.4. The highest BCUT2D eigenvalue weighted by Gasteiger charge is 2.54. The molecular formula is C27H24N4O2S. The third-order valence-corrected chi connectivity index (χ3v) is 7.79. The second-order valence-electron chi connectivity index (χ2n) is 8.56. The Morgan fingerprint density at radius 1 is 1.00 bits per heavy atom. The van der Waals surface area contributed by atoms with Gasteiger partial charge in [-0.3, -0.25) is 4.79 Å². The Kier molecular flexibility index (Phi) is 4.71. The number of fused-ring (bicyclic) bond motifs is 5. The lowest BCUT2D eigenvalue weighted by molar-refractivity contribution is -0.117. The highest BCUT2D eigenvalue weighted by atomic mass is 32.2. The van der Waals surface area contributed by atoms with Crippen LogP contribution in [-0.4, -0.2) is 22.3 Å². The van der Waals surface area contributed by atoms with E-state index in [-0.39, 0.29) is 5.91 Å². The minimum absolute atomic E-state index is 0.0634. The maximum Gasteiger partial charge on any atom is 0.250 e. The third-order valence-electron chi connectivity index (χ3n) is 6.32. The molecular weight excluding hydrogens is 444 g/mol. The molecule has 1 atom stereocenters. The number of rotatable bonds is 3. The van der Waals surface area contributed by atoms with Crippen molar-refractivity contribution in [2.75, 3.05) is 17.2 Å². The van der Waals surface area contributed by atoms with Gasteiger partial charge in [0.25, 0.3) is 0 Å². The van der Waals surface area contributed by atoms with Gasteiger partial charge in [-0.15, -0.1) is 0 Å². The fourth-order valence-electron chi connectivity index (χ4n) is 4.85. The van der Waals surface area contributed by atoms with Crippen molar-refractivity contribution in [2.45, 2.75) is 30.4 Å². The van der Waals surface area contributed by atoms with Crippen LogP contribution >= 0.6 is 11.8 Å². The van der Waals surface area contributed by atoms with E-state index >= 15 is 0 Å². The molecule has 0 saturated heterocycles. The average Bonchev–Trinajstić information content (AvgIpc) is 3.23. The van der Waals surface area contributed by atoms with E-state index in [1.54, 1.807) is 11.8 Å². The number of ether oxygens (including phenoxy) is 1. The summed E-state index contributed by atoms with van der Waals surface area (Å²) in [6, 6.07) is 22.1. The van der Waals surface area contributed by atoms with Crippen LogP contribution in [0.3, 0.4) is 0 Å². The monoisotopic (exact) mass is 468 g/mol. The number of thioether (sulfide) groups is 1. The van der Waals surface area contributed by atoms with Gasteiger partial charge in [0, 0.05) is 21.7 Å². The number of aromatic nitrogens is 2. The zero-order valence-corrected chi connectivity index (χ0v) is 20.0. The van der Waals surface area contributed by atoms with E-state index in [0.29, 0.717) is 6.61 Å². The molecule has 0 fully saturated rings. The molecule has 3 aromatic carbocycles. The highest BCUT2D eigenvalue weighted by Crippen LogP contribution is 2.59. The molecule has 0 aliphatic carbocycles. The van der Waals surface area contributed by atoms with Crippen LogP contribution in [0.5, 0.6) is 5.75 Å². The van der Waals surface area contributed by atoms with Crippen molar-refractivity contribution in [3.8, 4) is 11.4 Å². The predicted octanol–water partition coefficient (Wildman–Crippen LogP) is 5.93. The van der Waals surface area contributed by atoms with E-state index in [1.807, 2.05) is 79.2 Å². The summed E-state index contributed by atoms with van der Waals surface area (Å²) >= 11 is 1.54. The van der Waals surface area contributed by atoms with Crippen LogP contribution in [0.15, 0.2) is 71.6 Å². The van der Waals surface area contributed by atoms with Gasteiger partial charge in [-0.2, -0.15) is 5.10 Å². The Hall–Kier alpha value is -3.71. The summed E-state index contributed by atoms with van der Waals surface area (Å²) in [5, 5.41) is 11.7. The van der Waals surface area contributed by atoms with Gasteiger partial charge in [0.1, 0.15) is 11.6 Å². The molecule has 6 rings (SSSR count). The van der Waals surface area contributed by atoms with E-state index < -0.39 is 4.75 Å². The zero-order valence-electron chi connectivity index (χ0n) is 19.2. The van der Waals surface area contributed by atoms with Crippen LogP contribution in [0.1, 0.15) is 29.3 Å². The molecule has 6 nitrogen and oxygen atoms in total. The number of nitrogens with one attached hydrogen (secondary N) is 2. The summed E-state index contributed by atoms with van der Waals surface area (Å²) in [4.78, 5) is 14.9. The molecule has 34 heavy (non-hydrogen) atoms. The summed E-state index contributed by atoms with van der Waals surface area (Å²) in [5.74, 6) is 1.51. The summed E-state index contributed by atoms with van der Waals surface area (Å²) in [6.45, 7) is 6.58. The average molecular weight is 469 g/mol. The molecule has 1 aromatic heterocycles. The number of benzene rings is 3. The normalized spacial score (nSPS) is 17.9. The Morgan fingerprint density at radius 3 is 2.59 bits per heavy atom. The van der Waals surface area contributed by atoms with Gasteiger partial charge in [-0.1, -0.05) is 47.7 Å². The first kappa shape index (κ1) is 20.9. The number of carbonyl (C=O) groups is 1. The van der Waals surface area contributed by atoms with Gasteiger partial charge in [0.15, 0.2) is 4.75 Å². The Bertz CT molecular complexity index is 1450. The maximum atomic E-state index is 13.9. The molecule has 1 amide bonds. The maximum absolute atomic E-state index is 13.9. The molecule has 4 aromatic rings. The summed E-state index contributed by atoms with van der Waals surface area (Å²) in [6.07, 6.45) is 0. The van der Waals surface area contributed by atoms with E-state index in [9.17, 15) is 4.79 Å². The van der Waals surface area contributed by atoms with Crippen molar-refractivity contribution in [1.29, 1.82) is 0 Å². The van der Waals surface area contributed by atoms with E-state index in [2.05, 4.69) is 23.6 Å². The van der Waals surface area contributed by atoms with Crippen molar-refractivity contribution in [3.63, 3.8) is 0 Å². The van der Waals surface area contributed by atoms with Gasteiger partial charge < -0.3 is 15.4 Å². The topological polar surface area (TPSA) is 68.2 Å². The number of nitrogens with zero attached hydrogens (tertiary/aromatic N) is 2. The van der Waals surface area contributed by atoms with E-state index in [0.717, 1.165) is 55.9 Å². The van der Waals surface area contributed by atoms with Crippen molar-refractivity contribution in [2.24, 2.45) is 0 Å². The van der Waals surface area contributed by atoms with Crippen LogP contribution in [0.2, 0.25) is 0 Å². The van der Waals surface area contributed by atoms with Crippen LogP contribution in [0, 0.1) is 13.8 Å². The number of amides is 1. The quantitative estimate of drug-likeness (QED) is 0.390.